The molecule has 1 amide bonds. The fourth-order valence-electron chi connectivity index (χ4n) is 4.17. The summed E-state index contributed by atoms with van der Waals surface area (Å²) in [5.41, 5.74) is 3.69. The van der Waals surface area contributed by atoms with Gasteiger partial charge in [0.15, 0.2) is 0 Å². The first-order valence-corrected chi connectivity index (χ1v) is 8.61. The number of nitrogens with one attached hydrogen (secondary N) is 1. The number of para-hydroxylation sites is 2. The van der Waals surface area contributed by atoms with Gasteiger partial charge in [0.1, 0.15) is 0 Å². The molecule has 1 aromatic carbocycles. The van der Waals surface area contributed by atoms with Crippen LogP contribution in [0.1, 0.15) is 31.4 Å². The van der Waals surface area contributed by atoms with Crippen LogP contribution in [0.2, 0.25) is 0 Å². The van der Waals surface area contributed by atoms with E-state index in [1.807, 2.05) is 0 Å². The zero-order chi connectivity index (χ0) is 15.4. The average molecular weight is 307 g/mol. The van der Waals surface area contributed by atoms with Gasteiger partial charge in [-0.1, -0.05) is 12.1 Å². The van der Waals surface area contributed by atoms with E-state index >= 15 is 0 Å². The summed E-state index contributed by atoms with van der Waals surface area (Å²) < 4.78 is 2.31. The average Bonchev–Trinajstić information content (AvgIpc) is 3.31. The summed E-state index contributed by atoms with van der Waals surface area (Å²) in [7, 11) is 0. The van der Waals surface area contributed by atoms with Crippen molar-refractivity contribution in [3.8, 4) is 5.69 Å². The van der Waals surface area contributed by atoms with E-state index < -0.39 is 0 Å². The molecule has 4 nitrogen and oxygen atoms in total. The third kappa shape index (κ3) is 1.94. The van der Waals surface area contributed by atoms with Gasteiger partial charge in [0, 0.05) is 30.9 Å². The monoisotopic (exact) mass is 307 g/mol. The molecule has 1 saturated heterocycles. The van der Waals surface area contributed by atoms with Crippen molar-refractivity contribution >= 4 is 11.6 Å². The number of carbonyl (C=O) groups is 1. The second-order valence-corrected chi connectivity index (χ2v) is 7.09. The standard InChI is InChI=1S/C19H21N3O/c23-18(14-7-8-14)21-12-9-19(10-13-21)17-6-3-11-22(17)16-5-2-1-4-15(16)20-19/h1-6,11,14,20H,7-10,12-13H2. The number of fused-ring (bicyclic) bond motifs is 4. The molecule has 1 N–H and O–H groups in total. The quantitative estimate of drug-likeness (QED) is 0.879. The SMILES string of the molecule is O=C(C1CC1)N1CCC2(CC1)Nc1ccccc1-n1cccc12. The fraction of sp³-hybridized carbons (Fsp3) is 0.421. The molecule has 3 aliphatic rings. The number of hydrogen-bond acceptors (Lipinski definition) is 2. The van der Waals surface area contributed by atoms with Crippen molar-refractivity contribution in [1.29, 1.82) is 0 Å². The van der Waals surface area contributed by atoms with Gasteiger partial charge in [0.25, 0.3) is 0 Å². The van der Waals surface area contributed by atoms with E-state index in [9.17, 15) is 4.79 Å². The van der Waals surface area contributed by atoms with Crippen molar-refractivity contribution in [3.05, 3.63) is 48.3 Å². The summed E-state index contributed by atoms with van der Waals surface area (Å²) in [6, 6.07) is 12.8. The zero-order valence-corrected chi connectivity index (χ0v) is 13.2. The number of likely N-dealkylation sites (tertiary alicyclic amines) is 1. The van der Waals surface area contributed by atoms with Crippen LogP contribution in [0.5, 0.6) is 0 Å². The van der Waals surface area contributed by atoms with Crippen molar-refractivity contribution in [1.82, 2.24) is 9.47 Å². The number of piperidine rings is 1. The third-order valence-corrected chi connectivity index (χ3v) is 5.63. The molecule has 1 saturated carbocycles. The molecule has 2 aromatic rings. The first-order chi connectivity index (χ1) is 11.3. The molecule has 1 aliphatic carbocycles. The van der Waals surface area contributed by atoms with Gasteiger partial charge in [-0.25, -0.2) is 0 Å². The number of carbonyl (C=O) groups excluding carboxylic acids is 1. The second-order valence-electron chi connectivity index (χ2n) is 7.09. The fourth-order valence-corrected chi connectivity index (χ4v) is 4.17. The lowest BCUT2D eigenvalue weighted by Gasteiger charge is -2.46. The summed E-state index contributed by atoms with van der Waals surface area (Å²) in [6.45, 7) is 1.71. The Hall–Kier alpha value is -2.23. The first kappa shape index (κ1) is 13.2. The van der Waals surface area contributed by atoms with Gasteiger partial charge < -0.3 is 14.8 Å². The van der Waals surface area contributed by atoms with Crippen LogP contribution in [0.4, 0.5) is 5.69 Å². The molecular weight excluding hydrogens is 286 g/mol. The topological polar surface area (TPSA) is 37.3 Å². The van der Waals surface area contributed by atoms with Gasteiger partial charge in [0.05, 0.1) is 16.9 Å². The highest BCUT2D eigenvalue weighted by Gasteiger charge is 2.43. The Morgan fingerprint density at radius 1 is 1.09 bits per heavy atom. The van der Waals surface area contributed by atoms with Crippen LogP contribution in [0.15, 0.2) is 42.6 Å². The lowest BCUT2D eigenvalue weighted by molar-refractivity contribution is -0.134. The highest BCUT2D eigenvalue weighted by molar-refractivity contribution is 5.81. The Bertz CT molecular complexity index is 766. The minimum Gasteiger partial charge on any atom is -0.372 e. The maximum absolute atomic E-state index is 12.3. The number of anilines is 1. The molecule has 0 atom stereocenters. The van der Waals surface area contributed by atoms with Crippen LogP contribution in [0.3, 0.4) is 0 Å². The van der Waals surface area contributed by atoms with Crippen molar-refractivity contribution in [2.75, 3.05) is 18.4 Å². The number of amides is 1. The Kier molecular flexibility index (Phi) is 2.67. The Labute approximate surface area is 136 Å². The normalized spacial score (nSPS) is 21.5. The zero-order valence-electron chi connectivity index (χ0n) is 13.2. The number of aromatic nitrogens is 1. The van der Waals surface area contributed by atoms with Gasteiger partial charge in [0.2, 0.25) is 5.91 Å². The van der Waals surface area contributed by atoms with E-state index in [0.29, 0.717) is 11.8 Å². The second kappa shape index (κ2) is 4.63. The number of rotatable bonds is 1. The van der Waals surface area contributed by atoms with Crippen LogP contribution in [0.25, 0.3) is 5.69 Å². The lowest BCUT2D eigenvalue weighted by Crippen LogP contribution is -2.51. The van der Waals surface area contributed by atoms with Gasteiger partial charge in [-0.05, 0) is 49.9 Å². The van der Waals surface area contributed by atoms with E-state index in [-0.39, 0.29) is 5.54 Å². The Morgan fingerprint density at radius 2 is 1.87 bits per heavy atom. The molecule has 1 aromatic heterocycles. The largest absolute Gasteiger partial charge is 0.372 e. The molecule has 2 fully saturated rings. The molecular formula is C19H21N3O. The predicted octanol–water partition coefficient (Wildman–Crippen LogP) is 3.13. The van der Waals surface area contributed by atoms with Crippen molar-refractivity contribution < 1.29 is 4.79 Å². The summed E-state index contributed by atoms with van der Waals surface area (Å²) in [4.78, 5) is 14.4. The molecule has 0 bridgehead atoms. The number of nitrogens with zero attached hydrogens (tertiary/aromatic N) is 2. The molecule has 0 radical (unpaired) electrons. The van der Waals surface area contributed by atoms with Gasteiger partial charge >= 0.3 is 0 Å². The summed E-state index contributed by atoms with van der Waals surface area (Å²) in [6.07, 6.45) is 6.29. The van der Waals surface area contributed by atoms with Gasteiger partial charge in [-0.3, -0.25) is 4.79 Å². The van der Waals surface area contributed by atoms with E-state index in [4.69, 9.17) is 0 Å². The van der Waals surface area contributed by atoms with Gasteiger partial charge in [-0.15, -0.1) is 0 Å². The van der Waals surface area contributed by atoms with E-state index in [0.717, 1.165) is 38.8 Å². The summed E-state index contributed by atoms with van der Waals surface area (Å²) >= 11 is 0. The van der Waals surface area contributed by atoms with Crippen LogP contribution in [-0.4, -0.2) is 28.5 Å². The highest BCUT2D eigenvalue weighted by Crippen LogP contribution is 2.44. The van der Waals surface area contributed by atoms with E-state index in [2.05, 4.69) is 57.4 Å². The number of hydrogen-bond donors (Lipinski definition) is 1. The van der Waals surface area contributed by atoms with Gasteiger partial charge in [-0.2, -0.15) is 0 Å². The summed E-state index contributed by atoms with van der Waals surface area (Å²) in [5, 5.41) is 3.80. The maximum Gasteiger partial charge on any atom is 0.225 e. The molecule has 4 heteroatoms. The minimum absolute atomic E-state index is 0.0435. The first-order valence-electron chi connectivity index (χ1n) is 8.61. The van der Waals surface area contributed by atoms with Crippen LogP contribution < -0.4 is 5.32 Å². The van der Waals surface area contributed by atoms with Crippen LogP contribution in [-0.2, 0) is 10.3 Å². The van der Waals surface area contributed by atoms with Crippen molar-refractivity contribution in [2.24, 2.45) is 5.92 Å². The predicted molar refractivity (Wildman–Crippen MR) is 89.6 cm³/mol. The molecule has 1 spiro atoms. The maximum atomic E-state index is 12.3. The molecule has 3 heterocycles. The molecule has 23 heavy (non-hydrogen) atoms. The molecule has 5 rings (SSSR count). The van der Waals surface area contributed by atoms with Crippen LogP contribution >= 0.6 is 0 Å². The van der Waals surface area contributed by atoms with E-state index in [1.165, 1.54) is 17.1 Å². The molecule has 118 valence electrons. The number of benzene rings is 1. The Balaban J connectivity index is 1.47. The molecule has 2 aliphatic heterocycles. The summed E-state index contributed by atoms with van der Waals surface area (Å²) in [5.74, 6) is 0.708. The smallest absolute Gasteiger partial charge is 0.225 e. The molecule has 0 unspecified atom stereocenters. The van der Waals surface area contributed by atoms with Crippen molar-refractivity contribution in [3.63, 3.8) is 0 Å². The van der Waals surface area contributed by atoms with Crippen molar-refractivity contribution in [2.45, 2.75) is 31.2 Å². The Morgan fingerprint density at radius 3 is 2.65 bits per heavy atom. The van der Waals surface area contributed by atoms with E-state index in [1.54, 1.807) is 0 Å². The minimum atomic E-state index is -0.0435. The van der Waals surface area contributed by atoms with Crippen LogP contribution in [0, 0.1) is 5.92 Å². The third-order valence-electron chi connectivity index (χ3n) is 5.63. The highest BCUT2D eigenvalue weighted by atomic mass is 16.2. The lowest BCUT2D eigenvalue weighted by atomic mass is 9.82.